The molecule has 0 saturated carbocycles. The Kier molecular flexibility index (Phi) is 4.86. The molecule has 0 bridgehead atoms. The molecule has 1 fully saturated rings. The number of hydrogen-bond acceptors (Lipinski definition) is 4. The second-order valence-electron chi connectivity index (χ2n) is 8.13. The maximum Gasteiger partial charge on any atom is 0.0950 e. The van der Waals surface area contributed by atoms with Crippen LogP contribution in [0.2, 0.25) is 0 Å². The highest BCUT2D eigenvalue weighted by Crippen LogP contribution is 2.38. The standard InChI is InChI=1S/C21H30N4O/c1-23-10-6-8-16(20(23)17-12-22-25(3)14-17)13-24(2)19-11-15-7-4-5-9-18(15)21(19)26/h4-5,7,9,12,14,16,19-21,26H,6,8,10-11,13H2,1-3H3/t16-,19-,20+,21-/m0/s1. The average Bonchev–Trinajstić information content (AvgIpc) is 3.19. The lowest BCUT2D eigenvalue weighted by Gasteiger charge is -2.41. The van der Waals surface area contributed by atoms with Crippen molar-refractivity contribution in [1.82, 2.24) is 19.6 Å². The number of aliphatic hydroxyl groups is 1. The maximum atomic E-state index is 10.8. The minimum absolute atomic E-state index is 0.175. The number of likely N-dealkylation sites (N-methyl/N-ethyl adjacent to an activating group) is 1. The molecule has 1 aromatic carbocycles. The number of rotatable bonds is 4. The molecule has 4 rings (SSSR count). The van der Waals surface area contributed by atoms with Crippen molar-refractivity contribution < 1.29 is 5.11 Å². The first-order chi connectivity index (χ1) is 12.5. The highest BCUT2D eigenvalue weighted by atomic mass is 16.3. The monoisotopic (exact) mass is 354 g/mol. The number of likely N-dealkylation sites (tertiary alicyclic amines) is 1. The van der Waals surface area contributed by atoms with E-state index >= 15 is 0 Å². The molecule has 1 aliphatic heterocycles. The zero-order valence-corrected chi connectivity index (χ0v) is 16.0. The molecule has 0 radical (unpaired) electrons. The van der Waals surface area contributed by atoms with Gasteiger partial charge < -0.3 is 5.11 Å². The van der Waals surface area contributed by atoms with Crippen molar-refractivity contribution >= 4 is 0 Å². The van der Waals surface area contributed by atoms with E-state index < -0.39 is 0 Å². The van der Waals surface area contributed by atoms with E-state index in [1.54, 1.807) is 0 Å². The maximum absolute atomic E-state index is 10.8. The van der Waals surface area contributed by atoms with Crippen molar-refractivity contribution in [2.75, 3.05) is 27.2 Å². The molecular weight excluding hydrogens is 324 g/mol. The van der Waals surface area contributed by atoms with Crippen molar-refractivity contribution in [2.24, 2.45) is 13.0 Å². The third-order valence-electron chi connectivity index (χ3n) is 6.33. The van der Waals surface area contributed by atoms with Crippen molar-refractivity contribution in [3.63, 3.8) is 0 Å². The molecule has 1 N–H and O–H groups in total. The van der Waals surface area contributed by atoms with Crippen LogP contribution in [0.1, 0.15) is 41.7 Å². The summed E-state index contributed by atoms with van der Waals surface area (Å²) in [6, 6.07) is 8.90. The molecule has 0 amide bonds. The van der Waals surface area contributed by atoms with Crippen molar-refractivity contribution in [3.8, 4) is 0 Å². The average molecular weight is 354 g/mol. The second kappa shape index (κ2) is 7.14. The Morgan fingerprint density at radius 1 is 1.27 bits per heavy atom. The van der Waals surface area contributed by atoms with Crippen LogP contribution in [0, 0.1) is 5.92 Å². The number of fused-ring (bicyclic) bond motifs is 1. The van der Waals surface area contributed by atoms with E-state index in [1.165, 1.54) is 24.0 Å². The molecule has 4 atom stereocenters. The molecule has 140 valence electrons. The highest BCUT2D eigenvalue weighted by molar-refractivity contribution is 5.35. The number of piperidine rings is 1. The van der Waals surface area contributed by atoms with Crippen LogP contribution in [0.4, 0.5) is 0 Å². The predicted octanol–water partition coefficient (Wildman–Crippen LogP) is 2.39. The molecular formula is C21H30N4O. The van der Waals surface area contributed by atoms with Crippen LogP contribution in [0.15, 0.2) is 36.7 Å². The molecule has 0 spiro atoms. The quantitative estimate of drug-likeness (QED) is 0.916. The zero-order valence-electron chi connectivity index (χ0n) is 16.0. The molecule has 1 aliphatic carbocycles. The van der Waals surface area contributed by atoms with E-state index in [0.717, 1.165) is 25.1 Å². The minimum atomic E-state index is -0.380. The SMILES string of the molecule is CN(C[C@@H]1CCCN(C)[C@H]1c1cnn(C)c1)[C@H]1Cc2ccccc2[C@@H]1O. The largest absolute Gasteiger partial charge is 0.387 e. The van der Waals surface area contributed by atoms with Crippen LogP contribution in [0.3, 0.4) is 0 Å². The van der Waals surface area contributed by atoms with E-state index in [1.807, 2.05) is 24.0 Å². The molecule has 2 aromatic rings. The molecule has 2 heterocycles. The summed E-state index contributed by atoms with van der Waals surface area (Å²) in [6.45, 7) is 2.14. The first kappa shape index (κ1) is 17.7. The fourth-order valence-electron chi connectivity index (χ4n) is 5.03. The van der Waals surface area contributed by atoms with Gasteiger partial charge in [-0.15, -0.1) is 0 Å². The zero-order chi connectivity index (χ0) is 18.3. The summed E-state index contributed by atoms with van der Waals surface area (Å²) in [6.07, 6.45) is 7.19. The Hall–Kier alpha value is -1.69. The van der Waals surface area contributed by atoms with Gasteiger partial charge in [-0.2, -0.15) is 5.10 Å². The summed E-state index contributed by atoms with van der Waals surface area (Å²) in [4.78, 5) is 4.86. The Morgan fingerprint density at radius 2 is 2.08 bits per heavy atom. The number of hydrogen-bond donors (Lipinski definition) is 1. The van der Waals surface area contributed by atoms with Crippen LogP contribution in [0.25, 0.3) is 0 Å². The number of nitrogens with zero attached hydrogens (tertiary/aromatic N) is 4. The smallest absolute Gasteiger partial charge is 0.0950 e. The van der Waals surface area contributed by atoms with Gasteiger partial charge in [0, 0.05) is 37.4 Å². The van der Waals surface area contributed by atoms with Crippen LogP contribution in [0.5, 0.6) is 0 Å². The van der Waals surface area contributed by atoms with Gasteiger partial charge in [0.25, 0.3) is 0 Å². The topological polar surface area (TPSA) is 44.5 Å². The van der Waals surface area contributed by atoms with Gasteiger partial charge in [0.05, 0.1) is 12.3 Å². The van der Waals surface area contributed by atoms with Gasteiger partial charge in [0.2, 0.25) is 0 Å². The lowest BCUT2D eigenvalue weighted by atomic mass is 9.85. The number of benzene rings is 1. The summed E-state index contributed by atoms with van der Waals surface area (Å²) in [5.74, 6) is 0.555. The summed E-state index contributed by atoms with van der Waals surface area (Å²) >= 11 is 0. The Labute approximate surface area is 156 Å². The second-order valence-corrected chi connectivity index (χ2v) is 8.13. The van der Waals surface area contributed by atoms with E-state index in [2.05, 4.69) is 53.4 Å². The van der Waals surface area contributed by atoms with Crippen molar-refractivity contribution in [2.45, 2.75) is 37.5 Å². The fraction of sp³-hybridized carbons (Fsp3) is 0.571. The van der Waals surface area contributed by atoms with Gasteiger partial charge >= 0.3 is 0 Å². The number of aliphatic hydroxyl groups excluding tert-OH is 1. The molecule has 5 nitrogen and oxygen atoms in total. The van der Waals surface area contributed by atoms with Gasteiger partial charge in [0.15, 0.2) is 0 Å². The van der Waals surface area contributed by atoms with Crippen LogP contribution < -0.4 is 0 Å². The van der Waals surface area contributed by atoms with E-state index in [9.17, 15) is 5.11 Å². The molecule has 2 aliphatic rings. The van der Waals surface area contributed by atoms with Crippen LogP contribution in [-0.2, 0) is 13.5 Å². The third kappa shape index (κ3) is 3.20. The van der Waals surface area contributed by atoms with Gasteiger partial charge in [-0.25, -0.2) is 0 Å². The van der Waals surface area contributed by atoms with Gasteiger partial charge in [-0.3, -0.25) is 14.5 Å². The van der Waals surface area contributed by atoms with Crippen molar-refractivity contribution in [1.29, 1.82) is 0 Å². The normalized spacial score (nSPS) is 29.3. The Bertz CT molecular complexity index is 758. The van der Waals surface area contributed by atoms with Crippen molar-refractivity contribution in [3.05, 3.63) is 53.3 Å². The molecule has 0 unspecified atom stereocenters. The third-order valence-corrected chi connectivity index (χ3v) is 6.33. The van der Waals surface area contributed by atoms with E-state index in [-0.39, 0.29) is 12.1 Å². The summed E-state index contributed by atoms with van der Waals surface area (Å²) in [7, 11) is 6.39. The number of aryl methyl sites for hydroxylation is 1. The Balaban J connectivity index is 1.50. The van der Waals surface area contributed by atoms with Gasteiger partial charge in [-0.1, -0.05) is 24.3 Å². The lowest BCUT2D eigenvalue weighted by Crippen LogP contribution is -2.44. The van der Waals surface area contributed by atoms with Crippen LogP contribution >= 0.6 is 0 Å². The summed E-state index contributed by atoms with van der Waals surface area (Å²) in [5.41, 5.74) is 3.71. The van der Waals surface area contributed by atoms with Gasteiger partial charge in [-0.05, 0) is 56.9 Å². The molecule has 1 saturated heterocycles. The Morgan fingerprint density at radius 3 is 2.81 bits per heavy atom. The molecule has 26 heavy (non-hydrogen) atoms. The first-order valence-electron chi connectivity index (χ1n) is 9.69. The van der Waals surface area contributed by atoms with Crippen LogP contribution in [-0.4, -0.2) is 57.9 Å². The number of aromatic nitrogens is 2. The lowest BCUT2D eigenvalue weighted by molar-refractivity contribution is 0.0390. The fourth-order valence-corrected chi connectivity index (χ4v) is 5.03. The first-order valence-corrected chi connectivity index (χ1v) is 9.69. The summed E-state index contributed by atoms with van der Waals surface area (Å²) < 4.78 is 1.90. The summed E-state index contributed by atoms with van der Waals surface area (Å²) in [5, 5.41) is 15.2. The van der Waals surface area contributed by atoms with Gasteiger partial charge in [0.1, 0.15) is 0 Å². The minimum Gasteiger partial charge on any atom is -0.387 e. The van der Waals surface area contributed by atoms with E-state index in [0.29, 0.717) is 12.0 Å². The van der Waals surface area contributed by atoms with E-state index in [4.69, 9.17) is 0 Å². The highest BCUT2D eigenvalue weighted by Gasteiger charge is 2.37. The molecule has 5 heteroatoms. The predicted molar refractivity (Wildman–Crippen MR) is 103 cm³/mol. The molecule has 1 aromatic heterocycles.